The van der Waals surface area contributed by atoms with Crippen LogP contribution in [0.1, 0.15) is 24.3 Å². The summed E-state index contributed by atoms with van der Waals surface area (Å²) in [6.07, 6.45) is 1.67. The van der Waals surface area contributed by atoms with Crippen LogP contribution in [0, 0.1) is 0 Å². The number of rotatable bonds is 6. The van der Waals surface area contributed by atoms with Crippen molar-refractivity contribution < 1.29 is 18.7 Å². The van der Waals surface area contributed by atoms with Crippen LogP contribution in [0.5, 0.6) is 0 Å². The minimum atomic E-state index is -0.442. The number of hydrogen-bond acceptors (Lipinski definition) is 4. The molecule has 1 aromatic carbocycles. The first-order chi connectivity index (χ1) is 10.5. The summed E-state index contributed by atoms with van der Waals surface area (Å²) in [7, 11) is 0. The van der Waals surface area contributed by atoms with Gasteiger partial charge in [-0.25, -0.2) is 0 Å². The van der Waals surface area contributed by atoms with Crippen molar-refractivity contribution in [3.8, 4) is 0 Å². The summed E-state index contributed by atoms with van der Waals surface area (Å²) in [5.74, 6) is -0.161. The number of benzene rings is 1. The summed E-state index contributed by atoms with van der Waals surface area (Å²) in [5, 5.41) is 2.69. The molecule has 1 N–H and O–H groups in total. The molecule has 0 unspecified atom stereocenters. The lowest BCUT2D eigenvalue weighted by atomic mass is 10.2. The average Bonchev–Trinajstić information content (AvgIpc) is 3.02. The van der Waals surface area contributed by atoms with Crippen LogP contribution in [0.25, 0.3) is 0 Å². The highest BCUT2D eigenvalue weighted by Gasteiger charge is 2.13. The molecule has 0 radical (unpaired) electrons. The highest BCUT2D eigenvalue weighted by Crippen LogP contribution is 2.12. The lowest BCUT2D eigenvalue weighted by Gasteiger charge is -2.11. The third-order valence-corrected chi connectivity index (χ3v) is 3.50. The first-order valence-electron chi connectivity index (χ1n) is 6.77. The molecule has 6 heteroatoms. The van der Waals surface area contributed by atoms with Gasteiger partial charge in [-0.05, 0) is 36.8 Å². The summed E-state index contributed by atoms with van der Waals surface area (Å²) >= 11 is 3.32. The van der Waals surface area contributed by atoms with Crippen LogP contribution in [0.15, 0.2) is 51.6 Å². The molecule has 1 aromatic heterocycles. The molecule has 2 aromatic rings. The average molecular weight is 366 g/mol. The molecule has 0 saturated carbocycles. The molecular formula is C16H16BrNO4. The maximum atomic E-state index is 11.7. The van der Waals surface area contributed by atoms with Crippen molar-refractivity contribution in [3.63, 3.8) is 0 Å². The Balaban J connectivity index is 1.73. The van der Waals surface area contributed by atoms with Gasteiger partial charge in [0.05, 0.1) is 18.7 Å². The fourth-order valence-corrected chi connectivity index (χ4v) is 2.12. The normalized spacial score (nSPS) is 11.7. The molecule has 22 heavy (non-hydrogen) atoms. The minimum Gasteiger partial charge on any atom is -0.467 e. The zero-order chi connectivity index (χ0) is 15.9. The number of carbonyl (C=O) groups excluding carboxylic acids is 2. The van der Waals surface area contributed by atoms with Crippen LogP contribution in [-0.2, 0) is 20.7 Å². The Bertz CT molecular complexity index is 622. The van der Waals surface area contributed by atoms with E-state index in [9.17, 15) is 9.59 Å². The van der Waals surface area contributed by atoms with Crippen LogP contribution >= 0.6 is 15.9 Å². The number of carbonyl (C=O) groups is 2. The molecule has 0 aliphatic rings. The molecule has 1 amide bonds. The van der Waals surface area contributed by atoms with E-state index in [4.69, 9.17) is 9.15 Å². The Kier molecular flexibility index (Phi) is 5.77. The fraction of sp³-hybridized carbons (Fsp3) is 0.250. The van der Waals surface area contributed by atoms with Crippen molar-refractivity contribution >= 4 is 27.8 Å². The predicted octanol–water partition coefficient (Wildman–Crippen LogP) is 3.01. The second-order valence-electron chi connectivity index (χ2n) is 4.77. The Morgan fingerprint density at radius 1 is 1.27 bits per heavy atom. The van der Waals surface area contributed by atoms with E-state index in [1.165, 1.54) is 6.26 Å². The number of hydrogen-bond donors (Lipinski definition) is 1. The van der Waals surface area contributed by atoms with Crippen molar-refractivity contribution in [2.75, 3.05) is 6.61 Å². The van der Waals surface area contributed by atoms with E-state index >= 15 is 0 Å². The van der Waals surface area contributed by atoms with E-state index in [-0.39, 0.29) is 25.0 Å². The largest absolute Gasteiger partial charge is 0.467 e. The summed E-state index contributed by atoms with van der Waals surface area (Å²) in [5.41, 5.74) is 0.831. The molecule has 0 spiro atoms. The third-order valence-electron chi connectivity index (χ3n) is 2.97. The molecule has 5 nitrogen and oxygen atoms in total. The molecule has 1 atom stereocenters. The van der Waals surface area contributed by atoms with Crippen LogP contribution in [0.4, 0.5) is 0 Å². The Hall–Kier alpha value is -2.08. The molecule has 116 valence electrons. The van der Waals surface area contributed by atoms with E-state index < -0.39 is 5.97 Å². The molecule has 1 heterocycles. The maximum Gasteiger partial charge on any atom is 0.310 e. The number of furan rings is 1. The van der Waals surface area contributed by atoms with Gasteiger partial charge in [0, 0.05) is 4.47 Å². The van der Waals surface area contributed by atoms with Gasteiger partial charge in [-0.15, -0.1) is 0 Å². The van der Waals surface area contributed by atoms with Crippen LogP contribution < -0.4 is 5.32 Å². The van der Waals surface area contributed by atoms with Gasteiger partial charge in [0.15, 0.2) is 6.61 Å². The highest BCUT2D eigenvalue weighted by molar-refractivity contribution is 9.10. The van der Waals surface area contributed by atoms with Gasteiger partial charge >= 0.3 is 5.97 Å². The Morgan fingerprint density at radius 2 is 2.00 bits per heavy atom. The first kappa shape index (κ1) is 16.3. The summed E-state index contributed by atoms with van der Waals surface area (Å²) < 4.78 is 11.1. The molecule has 0 fully saturated rings. The fourth-order valence-electron chi connectivity index (χ4n) is 1.86. The Morgan fingerprint density at radius 3 is 2.64 bits per heavy atom. The van der Waals surface area contributed by atoms with E-state index in [1.54, 1.807) is 19.1 Å². The van der Waals surface area contributed by atoms with Crippen molar-refractivity contribution in [2.24, 2.45) is 0 Å². The number of nitrogens with one attached hydrogen (secondary N) is 1. The standard InChI is InChI=1S/C16H16BrNO4/c1-11(14-3-2-8-21-14)18-15(19)10-22-16(20)9-12-4-6-13(17)7-5-12/h2-8,11H,9-10H2,1H3,(H,18,19)/t11-/m1/s1. The van der Waals surface area contributed by atoms with Gasteiger partial charge in [-0.2, -0.15) is 0 Å². The molecule has 0 aliphatic carbocycles. The lowest BCUT2D eigenvalue weighted by molar-refractivity contribution is -0.148. The van der Waals surface area contributed by atoms with E-state index in [1.807, 2.05) is 24.3 Å². The summed E-state index contributed by atoms with van der Waals surface area (Å²) in [4.78, 5) is 23.4. The zero-order valence-corrected chi connectivity index (χ0v) is 13.6. The summed E-state index contributed by atoms with van der Waals surface area (Å²) in [6, 6.07) is 10.6. The van der Waals surface area contributed by atoms with E-state index in [0.29, 0.717) is 5.76 Å². The number of esters is 1. The molecule has 0 bridgehead atoms. The smallest absolute Gasteiger partial charge is 0.310 e. The quantitative estimate of drug-likeness (QED) is 0.798. The van der Waals surface area contributed by atoms with E-state index in [2.05, 4.69) is 21.2 Å². The van der Waals surface area contributed by atoms with Crippen molar-refractivity contribution in [3.05, 3.63) is 58.5 Å². The van der Waals surface area contributed by atoms with E-state index in [0.717, 1.165) is 10.0 Å². The van der Waals surface area contributed by atoms with Crippen LogP contribution in [0.3, 0.4) is 0 Å². The summed E-state index contributed by atoms with van der Waals surface area (Å²) in [6.45, 7) is 1.49. The van der Waals surface area contributed by atoms with Crippen molar-refractivity contribution in [1.82, 2.24) is 5.32 Å². The van der Waals surface area contributed by atoms with Gasteiger partial charge in [-0.3, -0.25) is 9.59 Å². The number of ether oxygens (including phenoxy) is 1. The second-order valence-corrected chi connectivity index (χ2v) is 5.68. The predicted molar refractivity (Wildman–Crippen MR) is 84.1 cm³/mol. The van der Waals surface area contributed by atoms with Crippen LogP contribution in [0.2, 0.25) is 0 Å². The Labute approximate surface area is 136 Å². The van der Waals surface area contributed by atoms with Crippen molar-refractivity contribution in [2.45, 2.75) is 19.4 Å². The SMILES string of the molecule is C[C@@H](NC(=O)COC(=O)Cc1ccc(Br)cc1)c1ccco1. The number of amides is 1. The third kappa shape index (κ3) is 5.04. The molecule has 2 rings (SSSR count). The number of halogens is 1. The molecule has 0 aliphatic heterocycles. The topological polar surface area (TPSA) is 68.5 Å². The van der Waals surface area contributed by atoms with Gasteiger partial charge in [0.2, 0.25) is 0 Å². The monoisotopic (exact) mass is 365 g/mol. The molecule has 0 saturated heterocycles. The molecular weight excluding hydrogens is 350 g/mol. The van der Waals surface area contributed by atoms with Gasteiger partial charge in [0.25, 0.3) is 5.91 Å². The second kappa shape index (κ2) is 7.79. The van der Waals surface area contributed by atoms with Crippen molar-refractivity contribution in [1.29, 1.82) is 0 Å². The van der Waals surface area contributed by atoms with Crippen LogP contribution in [-0.4, -0.2) is 18.5 Å². The van der Waals surface area contributed by atoms with Gasteiger partial charge in [0.1, 0.15) is 5.76 Å². The van der Waals surface area contributed by atoms with Gasteiger partial charge < -0.3 is 14.5 Å². The first-order valence-corrected chi connectivity index (χ1v) is 7.56. The lowest BCUT2D eigenvalue weighted by Crippen LogP contribution is -2.31. The minimum absolute atomic E-state index is 0.133. The van der Waals surface area contributed by atoms with Gasteiger partial charge in [-0.1, -0.05) is 28.1 Å². The maximum absolute atomic E-state index is 11.7. The highest BCUT2D eigenvalue weighted by atomic mass is 79.9. The zero-order valence-electron chi connectivity index (χ0n) is 12.0.